The predicted molar refractivity (Wildman–Crippen MR) is 51.0 cm³/mol. The first kappa shape index (κ1) is 8.29. The lowest BCUT2D eigenvalue weighted by Crippen LogP contribution is -2.30. The number of rotatable bonds is 1. The minimum absolute atomic E-state index is 0.0639. The Morgan fingerprint density at radius 1 is 1.69 bits per heavy atom. The summed E-state index contributed by atoms with van der Waals surface area (Å²) in [6.45, 7) is 3.71. The fourth-order valence-corrected chi connectivity index (χ4v) is 1.52. The summed E-state index contributed by atoms with van der Waals surface area (Å²) in [5, 5.41) is 3.13. The van der Waals surface area contributed by atoms with Crippen molar-refractivity contribution in [2.24, 2.45) is 0 Å². The van der Waals surface area contributed by atoms with E-state index in [-0.39, 0.29) is 5.56 Å². The van der Waals surface area contributed by atoms with Gasteiger partial charge in [-0.05, 0) is 12.8 Å². The second-order valence-corrected chi connectivity index (χ2v) is 3.19. The van der Waals surface area contributed by atoms with Crippen molar-refractivity contribution in [3.63, 3.8) is 0 Å². The minimum Gasteiger partial charge on any atom is -0.355 e. The third-order valence-corrected chi connectivity index (χ3v) is 2.27. The van der Waals surface area contributed by atoms with Crippen molar-refractivity contribution in [3.8, 4) is 0 Å². The summed E-state index contributed by atoms with van der Waals surface area (Å²) in [6, 6.07) is 1.62. The van der Waals surface area contributed by atoms with Gasteiger partial charge in [0.1, 0.15) is 0 Å². The molecule has 13 heavy (non-hydrogen) atoms. The second kappa shape index (κ2) is 3.20. The highest BCUT2D eigenvalue weighted by atomic mass is 16.1. The molecule has 0 atom stereocenters. The highest BCUT2D eigenvalue weighted by molar-refractivity contribution is 5.29. The topological polar surface area (TPSA) is 46.9 Å². The van der Waals surface area contributed by atoms with Crippen molar-refractivity contribution in [1.82, 2.24) is 9.55 Å². The molecule has 1 aliphatic rings. The Balaban J connectivity index is 2.53. The summed E-state index contributed by atoms with van der Waals surface area (Å²) < 4.78 is 1.70. The van der Waals surface area contributed by atoms with Crippen LogP contribution in [0.2, 0.25) is 0 Å². The Hall–Kier alpha value is -1.32. The maximum atomic E-state index is 11.5. The molecule has 70 valence electrons. The van der Waals surface area contributed by atoms with Crippen LogP contribution in [0, 0.1) is 0 Å². The summed E-state index contributed by atoms with van der Waals surface area (Å²) in [5.41, 5.74) is 0.930. The molecule has 0 aromatic carbocycles. The maximum Gasteiger partial charge on any atom is 0.255 e. The molecule has 1 aromatic rings. The van der Waals surface area contributed by atoms with Crippen LogP contribution in [0.5, 0.6) is 0 Å². The van der Waals surface area contributed by atoms with E-state index in [4.69, 9.17) is 0 Å². The lowest BCUT2D eigenvalue weighted by Gasteiger charge is -2.18. The molecular formula is C9H13N3O. The van der Waals surface area contributed by atoms with Crippen molar-refractivity contribution < 1.29 is 0 Å². The van der Waals surface area contributed by atoms with Crippen molar-refractivity contribution in [2.45, 2.75) is 26.3 Å². The fraction of sp³-hybridized carbons (Fsp3) is 0.556. The van der Waals surface area contributed by atoms with Crippen LogP contribution in [-0.4, -0.2) is 16.1 Å². The van der Waals surface area contributed by atoms with Gasteiger partial charge in [0.15, 0.2) is 0 Å². The summed E-state index contributed by atoms with van der Waals surface area (Å²) in [4.78, 5) is 15.9. The number of nitrogens with zero attached hydrogens (tertiary/aromatic N) is 2. The first-order valence-corrected chi connectivity index (χ1v) is 4.66. The normalized spacial score (nSPS) is 14.8. The van der Waals surface area contributed by atoms with Crippen LogP contribution >= 0.6 is 0 Å². The first-order valence-electron chi connectivity index (χ1n) is 4.66. The van der Waals surface area contributed by atoms with Crippen LogP contribution in [0.25, 0.3) is 0 Å². The zero-order valence-electron chi connectivity index (χ0n) is 7.71. The molecule has 4 nitrogen and oxygen atoms in total. The van der Waals surface area contributed by atoms with Crippen molar-refractivity contribution in [3.05, 3.63) is 22.1 Å². The molecule has 1 N–H and O–H groups in total. The molecule has 0 bridgehead atoms. The number of anilines is 1. The summed E-state index contributed by atoms with van der Waals surface area (Å²) in [7, 11) is 0. The van der Waals surface area contributed by atoms with Crippen molar-refractivity contribution >= 4 is 5.95 Å². The molecule has 1 aromatic heterocycles. The van der Waals surface area contributed by atoms with E-state index < -0.39 is 0 Å². The largest absolute Gasteiger partial charge is 0.355 e. The van der Waals surface area contributed by atoms with E-state index in [9.17, 15) is 4.79 Å². The Labute approximate surface area is 76.6 Å². The van der Waals surface area contributed by atoms with Crippen LogP contribution in [0.15, 0.2) is 10.9 Å². The zero-order valence-corrected chi connectivity index (χ0v) is 7.71. The average molecular weight is 179 g/mol. The lowest BCUT2D eigenvalue weighted by atomic mass is 10.3. The van der Waals surface area contributed by atoms with Gasteiger partial charge in [-0.2, -0.15) is 0 Å². The Kier molecular flexibility index (Phi) is 2.04. The molecule has 1 aliphatic heterocycles. The standard InChI is InChI=1S/C9H13N3O/c1-2-7-6-8(13)12-5-3-4-10-9(12)11-7/h6H,2-5H2,1H3,(H,10,11). The highest BCUT2D eigenvalue weighted by Gasteiger charge is 2.10. The maximum absolute atomic E-state index is 11.5. The third-order valence-electron chi connectivity index (χ3n) is 2.27. The molecule has 0 amide bonds. The van der Waals surface area contributed by atoms with Gasteiger partial charge in [0.05, 0.1) is 0 Å². The number of fused-ring (bicyclic) bond motifs is 1. The Morgan fingerprint density at radius 2 is 2.54 bits per heavy atom. The molecule has 2 rings (SSSR count). The molecule has 0 unspecified atom stereocenters. The molecule has 0 fully saturated rings. The van der Waals surface area contributed by atoms with Crippen LogP contribution < -0.4 is 10.9 Å². The SMILES string of the molecule is CCc1cc(=O)n2c(n1)NCCC2. The molecule has 0 saturated heterocycles. The van der Waals surface area contributed by atoms with E-state index in [2.05, 4.69) is 10.3 Å². The fourth-order valence-electron chi connectivity index (χ4n) is 1.52. The quantitative estimate of drug-likeness (QED) is 0.687. The van der Waals surface area contributed by atoms with E-state index in [1.165, 1.54) is 0 Å². The van der Waals surface area contributed by atoms with Gasteiger partial charge in [0.25, 0.3) is 5.56 Å². The van der Waals surface area contributed by atoms with Gasteiger partial charge in [0, 0.05) is 24.8 Å². The molecule has 0 spiro atoms. The van der Waals surface area contributed by atoms with E-state index in [0.717, 1.165) is 37.6 Å². The van der Waals surface area contributed by atoms with Crippen molar-refractivity contribution in [1.29, 1.82) is 0 Å². The lowest BCUT2D eigenvalue weighted by molar-refractivity contribution is 0.592. The number of nitrogens with one attached hydrogen (secondary N) is 1. The van der Waals surface area contributed by atoms with Crippen LogP contribution in [0.1, 0.15) is 19.0 Å². The Bertz CT molecular complexity index is 370. The molecule has 0 saturated carbocycles. The second-order valence-electron chi connectivity index (χ2n) is 3.19. The molecule has 0 aliphatic carbocycles. The van der Waals surface area contributed by atoms with Crippen LogP contribution in [0.3, 0.4) is 0 Å². The van der Waals surface area contributed by atoms with Crippen molar-refractivity contribution in [2.75, 3.05) is 11.9 Å². The third kappa shape index (κ3) is 1.43. The van der Waals surface area contributed by atoms with E-state index >= 15 is 0 Å². The summed E-state index contributed by atoms with van der Waals surface area (Å²) in [5.74, 6) is 0.732. The minimum atomic E-state index is 0.0639. The number of hydrogen-bond acceptors (Lipinski definition) is 3. The van der Waals surface area contributed by atoms with E-state index in [0.29, 0.717) is 0 Å². The molecule has 2 heterocycles. The number of hydrogen-bond donors (Lipinski definition) is 1. The van der Waals surface area contributed by atoms with Gasteiger partial charge >= 0.3 is 0 Å². The summed E-state index contributed by atoms with van der Waals surface area (Å²) in [6.07, 6.45) is 1.81. The van der Waals surface area contributed by atoms with Crippen LogP contribution in [0.4, 0.5) is 5.95 Å². The predicted octanol–water partition coefficient (Wildman–Crippen LogP) is 0.621. The first-order chi connectivity index (χ1) is 6.31. The molecular weight excluding hydrogens is 166 g/mol. The molecule has 0 radical (unpaired) electrons. The smallest absolute Gasteiger partial charge is 0.255 e. The zero-order chi connectivity index (χ0) is 9.26. The van der Waals surface area contributed by atoms with Gasteiger partial charge in [-0.3, -0.25) is 9.36 Å². The van der Waals surface area contributed by atoms with E-state index in [1.807, 2.05) is 6.92 Å². The molecule has 4 heteroatoms. The van der Waals surface area contributed by atoms with Gasteiger partial charge in [0.2, 0.25) is 5.95 Å². The van der Waals surface area contributed by atoms with Gasteiger partial charge in [-0.15, -0.1) is 0 Å². The van der Waals surface area contributed by atoms with Gasteiger partial charge in [-0.25, -0.2) is 4.98 Å². The highest BCUT2D eigenvalue weighted by Crippen LogP contribution is 2.08. The van der Waals surface area contributed by atoms with Gasteiger partial charge < -0.3 is 5.32 Å². The number of aromatic nitrogens is 2. The monoisotopic (exact) mass is 179 g/mol. The Morgan fingerprint density at radius 3 is 3.31 bits per heavy atom. The summed E-state index contributed by atoms with van der Waals surface area (Å²) >= 11 is 0. The van der Waals surface area contributed by atoms with Gasteiger partial charge in [-0.1, -0.05) is 6.92 Å². The van der Waals surface area contributed by atoms with E-state index in [1.54, 1.807) is 10.6 Å². The average Bonchev–Trinajstić information content (AvgIpc) is 2.18. The van der Waals surface area contributed by atoms with Crippen LogP contribution in [-0.2, 0) is 13.0 Å². The number of aryl methyl sites for hydroxylation is 1.